The summed E-state index contributed by atoms with van der Waals surface area (Å²) in [5.74, 6) is 1.19. The number of rotatable bonds is 4. The van der Waals surface area contributed by atoms with Crippen LogP contribution in [0.4, 0.5) is 0 Å². The number of hydrogen-bond donors (Lipinski definition) is 1. The van der Waals surface area contributed by atoms with E-state index in [0.29, 0.717) is 33.3 Å². The summed E-state index contributed by atoms with van der Waals surface area (Å²) in [5.41, 5.74) is 2.06. The van der Waals surface area contributed by atoms with Crippen molar-refractivity contribution >= 4 is 11.6 Å². The molecule has 2 aromatic carbocycles. The third-order valence-corrected chi connectivity index (χ3v) is 4.25. The van der Waals surface area contributed by atoms with Crippen molar-refractivity contribution in [2.24, 2.45) is 0 Å². The number of nitrogens with zero attached hydrogens (tertiary/aromatic N) is 1. The Morgan fingerprint density at radius 3 is 2.35 bits per heavy atom. The van der Waals surface area contributed by atoms with Crippen LogP contribution in [0.15, 0.2) is 53.3 Å². The zero-order chi connectivity index (χ0) is 18.7. The molecule has 1 N–H and O–H groups in total. The highest BCUT2D eigenvalue weighted by molar-refractivity contribution is 6.30. The van der Waals surface area contributed by atoms with Crippen LogP contribution in [0.3, 0.4) is 0 Å². The Hall–Kier alpha value is -3.23. The maximum atomic E-state index is 12.5. The first-order chi connectivity index (χ1) is 12.6. The van der Waals surface area contributed by atoms with E-state index < -0.39 is 5.56 Å². The molecule has 3 aromatic rings. The molecular weight excluding hydrogens is 352 g/mol. The average Bonchev–Trinajstić information content (AvgIpc) is 2.67. The van der Waals surface area contributed by atoms with Crippen molar-refractivity contribution in [1.82, 2.24) is 4.98 Å². The molecule has 130 valence electrons. The average molecular weight is 367 g/mol. The molecule has 0 amide bonds. The summed E-state index contributed by atoms with van der Waals surface area (Å²) in [7, 11) is 3.11. The van der Waals surface area contributed by atoms with Gasteiger partial charge in [-0.15, -0.1) is 0 Å². The molecule has 0 radical (unpaired) electrons. The molecule has 0 fully saturated rings. The maximum Gasteiger partial charge on any atom is 0.266 e. The van der Waals surface area contributed by atoms with Crippen molar-refractivity contribution in [2.75, 3.05) is 14.2 Å². The fourth-order valence-corrected chi connectivity index (χ4v) is 2.82. The van der Waals surface area contributed by atoms with Gasteiger partial charge in [-0.2, -0.15) is 5.26 Å². The Bertz CT molecular complexity index is 1050. The number of aromatic amines is 1. The van der Waals surface area contributed by atoms with E-state index in [0.717, 1.165) is 5.56 Å². The Labute approximate surface area is 155 Å². The molecular formula is C20H15ClN2O3. The van der Waals surface area contributed by atoms with Gasteiger partial charge in [0.25, 0.3) is 5.56 Å². The Morgan fingerprint density at radius 2 is 1.73 bits per heavy atom. The lowest BCUT2D eigenvalue weighted by Crippen LogP contribution is -2.13. The fourth-order valence-electron chi connectivity index (χ4n) is 2.69. The lowest BCUT2D eigenvalue weighted by Gasteiger charge is -2.12. The van der Waals surface area contributed by atoms with Crippen molar-refractivity contribution in [2.45, 2.75) is 0 Å². The Balaban J connectivity index is 2.24. The molecule has 0 aliphatic rings. The van der Waals surface area contributed by atoms with Crippen LogP contribution in [-0.2, 0) is 0 Å². The first kappa shape index (κ1) is 17.6. The van der Waals surface area contributed by atoms with Gasteiger partial charge in [0.1, 0.15) is 23.1 Å². The molecule has 3 rings (SSSR count). The highest BCUT2D eigenvalue weighted by Crippen LogP contribution is 2.34. The molecule has 1 aromatic heterocycles. The molecule has 0 spiro atoms. The number of benzene rings is 2. The summed E-state index contributed by atoms with van der Waals surface area (Å²) in [6.07, 6.45) is 0. The molecule has 0 saturated carbocycles. The van der Waals surface area contributed by atoms with Gasteiger partial charge in [0, 0.05) is 22.2 Å². The minimum Gasteiger partial charge on any atom is -0.497 e. The number of H-pyrrole nitrogens is 1. The van der Waals surface area contributed by atoms with Crippen molar-refractivity contribution in [1.29, 1.82) is 5.26 Å². The van der Waals surface area contributed by atoms with Crippen LogP contribution < -0.4 is 15.0 Å². The number of hydrogen-bond acceptors (Lipinski definition) is 4. The zero-order valence-electron chi connectivity index (χ0n) is 14.2. The molecule has 26 heavy (non-hydrogen) atoms. The van der Waals surface area contributed by atoms with Gasteiger partial charge in [0.15, 0.2) is 0 Å². The smallest absolute Gasteiger partial charge is 0.266 e. The van der Waals surface area contributed by atoms with Crippen molar-refractivity contribution in [3.8, 4) is 40.0 Å². The summed E-state index contributed by atoms with van der Waals surface area (Å²) >= 11 is 5.94. The third kappa shape index (κ3) is 3.28. The maximum absolute atomic E-state index is 12.5. The second-order valence-electron chi connectivity index (χ2n) is 5.49. The molecule has 6 heteroatoms. The number of ether oxygens (including phenoxy) is 2. The molecule has 0 atom stereocenters. The molecule has 0 aliphatic heterocycles. The van der Waals surface area contributed by atoms with Gasteiger partial charge >= 0.3 is 0 Å². The predicted octanol–water partition coefficient (Wildman–Crippen LogP) is 4.25. The minimum atomic E-state index is -0.465. The zero-order valence-corrected chi connectivity index (χ0v) is 14.9. The minimum absolute atomic E-state index is 0.0450. The van der Waals surface area contributed by atoms with E-state index in [1.165, 1.54) is 0 Å². The number of halogens is 1. The normalized spacial score (nSPS) is 10.2. The van der Waals surface area contributed by atoms with Crippen LogP contribution in [0.2, 0.25) is 5.02 Å². The lowest BCUT2D eigenvalue weighted by molar-refractivity contribution is 0.395. The van der Waals surface area contributed by atoms with Crippen LogP contribution in [-0.4, -0.2) is 19.2 Å². The van der Waals surface area contributed by atoms with Gasteiger partial charge in [0.2, 0.25) is 0 Å². The van der Waals surface area contributed by atoms with Crippen LogP contribution in [0.25, 0.3) is 22.4 Å². The fraction of sp³-hybridized carbons (Fsp3) is 0.100. The first-order valence-electron chi connectivity index (χ1n) is 7.73. The van der Waals surface area contributed by atoms with Gasteiger partial charge in [-0.1, -0.05) is 23.7 Å². The molecule has 0 saturated heterocycles. The second kappa shape index (κ2) is 7.34. The van der Waals surface area contributed by atoms with Gasteiger partial charge in [-0.25, -0.2) is 0 Å². The van der Waals surface area contributed by atoms with Crippen LogP contribution in [0, 0.1) is 11.3 Å². The molecule has 0 aliphatic carbocycles. The molecule has 0 unspecified atom stereocenters. The highest BCUT2D eigenvalue weighted by Gasteiger charge is 2.15. The number of methoxy groups -OCH3 is 2. The predicted molar refractivity (Wildman–Crippen MR) is 101 cm³/mol. The monoisotopic (exact) mass is 366 g/mol. The molecule has 5 nitrogen and oxygen atoms in total. The van der Waals surface area contributed by atoms with E-state index in [1.54, 1.807) is 62.8 Å². The van der Waals surface area contributed by atoms with E-state index in [2.05, 4.69) is 4.98 Å². The van der Waals surface area contributed by atoms with E-state index in [-0.39, 0.29) is 5.56 Å². The highest BCUT2D eigenvalue weighted by atomic mass is 35.5. The molecule has 0 bridgehead atoms. The van der Waals surface area contributed by atoms with Crippen molar-refractivity contribution in [3.05, 3.63) is 69.5 Å². The van der Waals surface area contributed by atoms with Gasteiger partial charge in [-0.3, -0.25) is 4.79 Å². The number of nitrogens with one attached hydrogen (secondary N) is 1. The number of nitriles is 1. The van der Waals surface area contributed by atoms with Gasteiger partial charge in [0.05, 0.1) is 19.9 Å². The van der Waals surface area contributed by atoms with Gasteiger partial charge in [-0.05, 0) is 35.9 Å². The largest absolute Gasteiger partial charge is 0.497 e. The summed E-state index contributed by atoms with van der Waals surface area (Å²) < 4.78 is 10.6. The van der Waals surface area contributed by atoms with E-state index in [4.69, 9.17) is 21.1 Å². The number of aromatic nitrogens is 1. The standard InChI is InChI=1S/C20H15ClN2O3/c1-25-14-7-8-15(19(9-14)26-2)18-10-16(17(11-22)20(24)23-18)12-3-5-13(21)6-4-12/h3-10H,1-2H3,(H,23,24). The Morgan fingerprint density at radius 1 is 1.00 bits per heavy atom. The second-order valence-corrected chi connectivity index (χ2v) is 5.92. The summed E-state index contributed by atoms with van der Waals surface area (Å²) in [4.78, 5) is 15.2. The van der Waals surface area contributed by atoms with Crippen molar-refractivity contribution in [3.63, 3.8) is 0 Å². The lowest BCUT2D eigenvalue weighted by atomic mass is 9.99. The van der Waals surface area contributed by atoms with Gasteiger partial charge < -0.3 is 14.5 Å². The van der Waals surface area contributed by atoms with Crippen molar-refractivity contribution < 1.29 is 9.47 Å². The Kier molecular flexibility index (Phi) is 4.97. The first-order valence-corrected chi connectivity index (χ1v) is 8.11. The van der Waals surface area contributed by atoms with Crippen LogP contribution in [0.1, 0.15) is 5.56 Å². The SMILES string of the molecule is COc1ccc(-c2cc(-c3ccc(Cl)cc3)c(C#N)c(=O)[nH]2)c(OC)c1. The summed E-state index contributed by atoms with van der Waals surface area (Å²) in [6, 6.07) is 16.0. The number of pyridine rings is 1. The quantitative estimate of drug-likeness (QED) is 0.748. The molecule has 1 heterocycles. The van der Waals surface area contributed by atoms with E-state index in [1.807, 2.05) is 6.07 Å². The van der Waals surface area contributed by atoms with E-state index in [9.17, 15) is 10.1 Å². The van der Waals surface area contributed by atoms with Crippen LogP contribution in [0.5, 0.6) is 11.5 Å². The summed E-state index contributed by atoms with van der Waals surface area (Å²) in [5, 5.41) is 9.99. The van der Waals surface area contributed by atoms with Crippen LogP contribution >= 0.6 is 11.6 Å². The summed E-state index contributed by atoms with van der Waals surface area (Å²) in [6.45, 7) is 0. The third-order valence-electron chi connectivity index (χ3n) is 4.00. The topological polar surface area (TPSA) is 75.1 Å². The van der Waals surface area contributed by atoms with E-state index >= 15 is 0 Å².